The molecule has 0 saturated carbocycles. The number of hydrogen-bond donors (Lipinski definition) is 1. The highest BCUT2D eigenvalue weighted by Gasteiger charge is 2.14. The number of benzene rings is 1. The molecule has 120 valence electrons. The Morgan fingerprint density at radius 1 is 1.33 bits per heavy atom. The van der Waals surface area contributed by atoms with Crippen molar-refractivity contribution in [2.45, 2.75) is 19.9 Å². The van der Waals surface area contributed by atoms with Gasteiger partial charge in [-0.3, -0.25) is 0 Å². The quantitative estimate of drug-likeness (QED) is 0.701. The zero-order valence-electron chi connectivity index (χ0n) is 12.6. The standard InChI is InChI=1S/C14H22ClNO4S/c1-4-5-16-10-11-8-12(15)9-13(19-2)14(11)20-6-7-21(3,17)18/h8-9,16H,4-7,10H2,1-3H3. The van der Waals surface area contributed by atoms with Crippen LogP contribution in [-0.2, 0) is 16.4 Å². The first-order valence-corrected chi connectivity index (χ1v) is 9.19. The monoisotopic (exact) mass is 335 g/mol. The molecule has 5 nitrogen and oxygen atoms in total. The Morgan fingerprint density at radius 3 is 2.62 bits per heavy atom. The van der Waals surface area contributed by atoms with Crippen molar-refractivity contribution in [3.05, 3.63) is 22.7 Å². The van der Waals surface area contributed by atoms with Crippen molar-refractivity contribution in [1.29, 1.82) is 0 Å². The average Bonchev–Trinajstić information content (AvgIpc) is 2.39. The Bertz CT molecular complexity index is 560. The van der Waals surface area contributed by atoms with Gasteiger partial charge in [0.15, 0.2) is 21.3 Å². The van der Waals surface area contributed by atoms with Crippen LogP contribution >= 0.6 is 11.6 Å². The molecule has 0 fully saturated rings. The molecule has 1 aromatic carbocycles. The van der Waals surface area contributed by atoms with E-state index in [1.807, 2.05) is 0 Å². The summed E-state index contributed by atoms with van der Waals surface area (Å²) in [6.45, 7) is 3.61. The van der Waals surface area contributed by atoms with Crippen molar-refractivity contribution in [3.8, 4) is 11.5 Å². The van der Waals surface area contributed by atoms with Gasteiger partial charge in [0, 0.05) is 29.5 Å². The van der Waals surface area contributed by atoms with Gasteiger partial charge in [0.05, 0.1) is 12.9 Å². The van der Waals surface area contributed by atoms with E-state index in [-0.39, 0.29) is 12.4 Å². The van der Waals surface area contributed by atoms with Crippen LogP contribution in [0, 0.1) is 0 Å². The van der Waals surface area contributed by atoms with E-state index in [1.54, 1.807) is 12.1 Å². The van der Waals surface area contributed by atoms with Crippen LogP contribution in [0.3, 0.4) is 0 Å². The maximum absolute atomic E-state index is 11.2. The van der Waals surface area contributed by atoms with Gasteiger partial charge in [0.1, 0.15) is 6.61 Å². The van der Waals surface area contributed by atoms with Crippen molar-refractivity contribution < 1.29 is 17.9 Å². The summed E-state index contributed by atoms with van der Waals surface area (Å²) in [5, 5.41) is 3.82. The molecule has 0 aliphatic carbocycles. The third-order valence-electron chi connectivity index (χ3n) is 2.76. The minimum atomic E-state index is -3.06. The normalized spacial score (nSPS) is 11.4. The number of ether oxygens (including phenoxy) is 2. The lowest BCUT2D eigenvalue weighted by atomic mass is 10.1. The van der Waals surface area contributed by atoms with Crippen LogP contribution in [0.1, 0.15) is 18.9 Å². The van der Waals surface area contributed by atoms with E-state index in [0.717, 1.165) is 18.5 Å². The molecule has 0 bridgehead atoms. The van der Waals surface area contributed by atoms with Gasteiger partial charge in [-0.05, 0) is 19.0 Å². The molecule has 7 heteroatoms. The van der Waals surface area contributed by atoms with Crippen molar-refractivity contribution >= 4 is 21.4 Å². The van der Waals surface area contributed by atoms with E-state index in [9.17, 15) is 8.42 Å². The summed E-state index contributed by atoms with van der Waals surface area (Å²) >= 11 is 6.06. The zero-order chi connectivity index (χ0) is 15.9. The minimum absolute atomic E-state index is 0.0411. The SMILES string of the molecule is CCCNCc1cc(Cl)cc(OC)c1OCCS(C)(=O)=O. The van der Waals surface area contributed by atoms with E-state index < -0.39 is 9.84 Å². The molecule has 0 heterocycles. The molecule has 1 rings (SSSR count). The van der Waals surface area contributed by atoms with Crippen LogP contribution in [0.25, 0.3) is 0 Å². The Labute approximate surface area is 131 Å². The molecule has 0 saturated heterocycles. The lowest BCUT2D eigenvalue weighted by Gasteiger charge is -2.16. The van der Waals surface area contributed by atoms with Gasteiger partial charge < -0.3 is 14.8 Å². The van der Waals surface area contributed by atoms with Gasteiger partial charge >= 0.3 is 0 Å². The largest absolute Gasteiger partial charge is 0.493 e. The van der Waals surface area contributed by atoms with Crippen LogP contribution in [-0.4, -0.2) is 40.7 Å². The van der Waals surface area contributed by atoms with Gasteiger partial charge in [-0.15, -0.1) is 0 Å². The third kappa shape index (κ3) is 6.54. The first-order valence-electron chi connectivity index (χ1n) is 6.75. The number of sulfone groups is 1. The smallest absolute Gasteiger partial charge is 0.165 e. The molecular weight excluding hydrogens is 314 g/mol. The van der Waals surface area contributed by atoms with Crippen molar-refractivity contribution in [1.82, 2.24) is 5.32 Å². The average molecular weight is 336 g/mol. The maximum Gasteiger partial charge on any atom is 0.165 e. The molecule has 21 heavy (non-hydrogen) atoms. The summed E-state index contributed by atoms with van der Waals surface area (Å²) in [5.74, 6) is 0.999. The first kappa shape index (κ1) is 18.1. The van der Waals surface area contributed by atoms with Crippen molar-refractivity contribution in [2.75, 3.05) is 32.3 Å². The summed E-state index contributed by atoms with van der Waals surface area (Å²) in [6.07, 6.45) is 2.20. The van der Waals surface area contributed by atoms with E-state index >= 15 is 0 Å². The highest BCUT2D eigenvalue weighted by Crippen LogP contribution is 2.34. The number of halogens is 1. The zero-order valence-corrected chi connectivity index (χ0v) is 14.2. The molecule has 0 unspecified atom stereocenters. The second-order valence-electron chi connectivity index (χ2n) is 4.75. The fourth-order valence-corrected chi connectivity index (χ4v) is 2.38. The van der Waals surface area contributed by atoms with Crippen LogP contribution in [0.4, 0.5) is 0 Å². The lowest BCUT2D eigenvalue weighted by Crippen LogP contribution is -2.17. The Balaban J connectivity index is 2.90. The number of hydrogen-bond acceptors (Lipinski definition) is 5. The van der Waals surface area contributed by atoms with Gasteiger partial charge in [-0.1, -0.05) is 18.5 Å². The molecule has 0 amide bonds. The summed E-state index contributed by atoms with van der Waals surface area (Å²) in [4.78, 5) is 0. The predicted octanol–water partition coefficient (Wildman–Crippen LogP) is 2.27. The van der Waals surface area contributed by atoms with Crippen LogP contribution in [0.15, 0.2) is 12.1 Å². The molecule has 0 aromatic heterocycles. The second kappa shape index (κ2) is 8.46. The Morgan fingerprint density at radius 2 is 2.05 bits per heavy atom. The number of methoxy groups -OCH3 is 1. The van der Waals surface area contributed by atoms with Crippen molar-refractivity contribution in [3.63, 3.8) is 0 Å². The first-order chi connectivity index (χ1) is 9.87. The van der Waals surface area contributed by atoms with E-state index in [0.29, 0.717) is 23.1 Å². The summed E-state index contributed by atoms with van der Waals surface area (Å²) < 4.78 is 33.2. The summed E-state index contributed by atoms with van der Waals surface area (Å²) in [6, 6.07) is 3.45. The minimum Gasteiger partial charge on any atom is -0.493 e. The molecule has 0 aliphatic heterocycles. The fourth-order valence-electron chi connectivity index (χ4n) is 1.76. The number of nitrogens with one attached hydrogen (secondary N) is 1. The highest BCUT2D eigenvalue weighted by atomic mass is 35.5. The predicted molar refractivity (Wildman–Crippen MR) is 85.2 cm³/mol. The van der Waals surface area contributed by atoms with E-state index in [4.69, 9.17) is 21.1 Å². The van der Waals surface area contributed by atoms with Crippen LogP contribution < -0.4 is 14.8 Å². The summed E-state index contributed by atoms with van der Waals surface area (Å²) in [5.41, 5.74) is 0.848. The lowest BCUT2D eigenvalue weighted by molar-refractivity contribution is 0.307. The maximum atomic E-state index is 11.2. The van der Waals surface area contributed by atoms with Gasteiger partial charge in [-0.25, -0.2) is 8.42 Å². The second-order valence-corrected chi connectivity index (χ2v) is 7.45. The van der Waals surface area contributed by atoms with Crippen LogP contribution in [0.5, 0.6) is 11.5 Å². The van der Waals surface area contributed by atoms with E-state index in [2.05, 4.69) is 12.2 Å². The molecular formula is C14H22ClNO4S. The Kier molecular flexibility index (Phi) is 7.28. The summed E-state index contributed by atoms with van der Waals surface area (Å²) in [7, 11) is -1.54. The number of rotatable bonds is 9. The molecule has 0 spiro atoms. The Hall–Kier alpha value is -0.980. The topological polar surface area (TPSA) is 64.6 Å². The third-order valence-corrected chi connectivity index (χ3v) is 3.89. The van der Waals surface area contributed by atoms with Crippen LogP contribution in [0.2, 0.25) is 5.02 Å². The fraction of sp³-hybridized carbons (Fsp3) is 0.571. The van der Waals surface area contributed by atoms with E-state index in [1.165, 1.54) is 13.4 Å². The van der Waals surface area contributed by atoms with Gasteiger partial charge in [0.25, 0.3) is 0 Å². The van der Waals surface area contributed by atoms with Gasteiger partial charge in [0.2, 0.25) is 0 Å². The van der Waals surface area contributed by atoms with Crippen molar-refractivity contribution in [2.24, 2.45) is 0 Å². The molecule has 0 aliphatic rings. The molecule has 0 atom stereocenters. The highest BCUT2D eigenvalue weighted by molar-refractivity contribution is 7.90. The molecule has 1 aromatic rings. The molecule has 1 N–H and O–H groups in total. The molecule has 0 radical (unpaired) electrons. The van der Waals surface area contributed by atoms with Gasteiger partial charge in [-0.2, -0.15) is 0 Å².